The van der Waals surface area contributed by atoms with Crippen LogP contribution in [0, 0.1) is 11.3 Å². The molecular weight excluding hydrogens is 442 g/mol. The monoisotopic (exact) mass is 463 g/mol. The van der Waals surface area contributed by atoms with Gasteiger partial charge in [-0.3, -0.25) is 18.7 Å². The highest BCUT2D eigenvalue weighted by molar-refractivity contribution is 7.89. The SMILES string of the molecule is Cn1c(=O)c2ccccc2n2c(CN3CCN(S(=O)(=O)c4ccccc4C#N)CC3)nnc12. The van der Waals surface area contributed by atoms with Crippen LogP contribution in [0.1, 0.15) is 11.4 Å². The van der Waals surface area contributed by atoms with Crippen molar-refractivity contribution in [1.29, 1.82) is 5.26 Å². The number of fused-ring (bicyclic) bond motifs is 3. The zero-order chi connectivity index (χ0) is 23.2. The summed E-state index contributed by atoms with van der Waals surface area (Å²) in [6, 6.07) is 15.6. The van der Waals surface area contributed by atoms with Gasteiger partial charge in [0.15, 0.2) is 5.82 Å². The first-order chi connectivity index (χ1) is 15.9. The van der Waals surface area contributed by atoms with Gasteiger partial charge in [0.05, 0.1) is 27.9 Å². The maximum atomic E-state index is 13.1. The lowest BCUT2D eigenvalue weighted by atomic mass is 10.2. The third-order valence-electron chi connectivity index (χ3n) is 6.01. The fraction of sp³-hybridized carbons (Fsp3) is 0.273. The molecule has 0 N–H and O–H groups in total. The molecule has 168 valence electrons. The van der Waals surface area contributed by atoms with E-state index >= 15 is 0 Å². The largest absolute Gasteiger partial charge is 0.293 e. The molecule has 1 saturated heterocycles. The van der Waals surface area contributed by atoms with Crippen LogP contribution in [0.15, 0.2) is 58.2 Å². The molecule has 3 heterocycles. The molecule has 4 aromatic rings. The molecule has 2 aromatic heterocycles. The lowest BCUT2D eigenvalue weighted by Crippen LogP contribution is -2.48. The average Bonchev–Trinajstić information content (AvgIpc) is 3.26. The van der Waals surface area contributed by atoms with Crippen molar-refractivity contribution in [2.45, 2.75) is 11.4 Å². The van der Waals surface area contributed by atoms with Gasteiger partial charge in [0.2, 0.25) is 15.8 Å². The van der Waals surface area contributed by atoms with Crippen LogP contribution < -0.4 is 5.56 Å². The second-order valence-electron chi connectivity index (χ2n) is 7.92. The Labute approximate surface area is 190 Å². The van der Waals surface area contributed by atoms with Crippen LogP contribution in [-0.4, -0.2) is 63.0 Å². The van der Waals surface area contributed by atoms with Crippen LogP contribution >= 0.6 is 0 Å². The number of rotatable bonds is 4. The molecule has 1 aliphatic rings. The number of sulfonamides is 1. The molecule has 0 saturated carbocycles. The predicted octanol–water partition coefficient (Wildman–Crippen LogP) is 0.959. The van der Waals surface area contributed by atoms with Gasteiger partial charge in [-0.15, -0.1) is 10.2 Å². The Morgan fingerprint density at radius 1 is 1.00 bits per heavy atom. The Kier molecular flexibility index (Phi) is 5.20. The summed E-state index contributed by atoms with van der Waals surface area (Å²) in [4.78, 5) is 14.8. The molecule has 0 bridgehead atoms. The third-order valence-corrected chi connectivity index (χ3v) is 7.97. The first kappa shape index (κ1) is 21.3. The van der Waals surface area contributed by atoms with E-state index in [2.05, 4.69) is 15.1 Å². The molecule has 1 aliphatic heterocycles. The van der Waals surface area contributed by atoms with Crippen molar-refractivity contribution < 1.29 is 8.42 Å². The number of hydrogen-bond donors (Lipinski definition) is 0. The van der Waals surface area contributed by atoms with E-state index in [0.717, 1.165) is 5.52 Å². The number of aromatic nitrogens is 4. The Morgan fingerprint density at radius 2 is 1.70 bits per heavy atom. The van der Waals surface area contributed by atoms with Crippen LogP contribution in [0.2, 0.25) is 0 Å². The van der Waals surface area contributed by atoms with Gasteiger partial charge in [0.1, 0.15) is 6.07 Å². The van der Waals surface area contributed by atoms with Crippen LogP contribution in [-0.2, 0) is 23.6 Å². The predicted molar refractivity (Wildman–Crippen MR) is 121 cm³/mol. The first-order valence-corrected chi connectivity index (χ1v) is 11.9. The highest BCUT2D eigenvalue weighted by atomic mass is 32.2. The van der Waals surface area contributed by atoms with Crippen LogP contribution in [0.4, 0.5) is 0 Å². The zero-order valence-corrected chi connectivity index (χ0v) is 18.7. The number of nitrogens with zero attached hydrogens (tertiary/aromatic N) is 7. The lowest BCUT2D eigenvalue weighted by molar-refractivity contribution is 0.177. The average molecular weight is 464 g/mol. The van der Waals surface area contributed by atoms with E-state index in [1.165, 1.54) is 21.0 Å². The van der Waals surface area contributed by atoms with Crippen molar-refractivity contribution in [3.05, 3.63) is 70.3 Å². The minimum absolute atomic E-state index is 0.0387. The Morgan fingerprint density at radius 3 is 2.45 bits per heavy atom. The van der Waals surface area contributed by atoms with E-state index in [-0.39, 0.29) is 16.0 Å². The van der Waals surface area contributed by atoms with Crippen molar-refractivity contribution in [3.63, 3.8) is 0 Å². The summed E-state index contributed by atoms with van der Waals surface area (Å²) in [5, 5.41) is 18.4. The van der Waals surface area contributed by atoms with E-state index in [1.54, 1.807) is 25.2 Å². The van der Waals surface area contributed by atoms with E-state index < -0.39 is 10.0 Å². The van der Waals surface area contributed by atoms with Crippen molar-refractivity contribution in [2.75, 3.05) is 26.2 Å². The second-order valence-corrected chi connectivity index (χ2v) is 9.83. The van der Waals surface area contributed by atoms with Crippen LogP contribution in [0.5, 0.6) is 0 Å². The van der Waals surface area contributed by atoms with Crippen LogP contribution in [0.25, 0.3) is 16.7 Å². The molecule has 0 unspecified atom stereocenters. The number of para-hydroxylation sites is 1. The van der Waals surface area contributed by atoms with E-state index in [0.29, 0.717) is 49.7 Å². The first-order valence-electron chi connectivity index (χ1n) is 10.4. The Hall–Kier alpha value is -3.59. The molecule has 33 heavy (non-hydrogen) atoms. The molecule has 10 nitrogen and oxygen atoms in total. The molecule has 11 heteroatoms. The number of benzene rings is 2. The van der Waals surface area contributed by atoms with Crippen molar-refractivity contribution in [2.24, 2.45) is 7.05 Å². The minimum atomic E-state index is -3.75. The molecular formula is C22H21N7O3S. The fourth-order valence-electron chi connectivity index (χ4n) is 4.25. The van der Waals surface area contributed by atoms with E-state index in [4.69, 9.17) is 0 Å². The fourth-order valence-corrected chi connectivity index (χ4v) is 5.81. The molecule has 0 atom stereocenters. The topological polar surface area (TPSA) is 117 Å². The summed E-state index contributed by atoms with van der Waals surface area (Å²) in [7, 11) is -2.08. The number of nitriles is 1. The number of aryl methyl sites for hydroxylation is 1. The Bertz CT molecular complexity index is 1580. The van der Waals surface area contributed by atoms with Crippen LogP contribution in [0.3, 0.4) is 0 Å². The van der Waals surface area contributed by atoms with Crippen molar-refractivity contribution >= 4 is 26.7 Å². The molecule has 0 radical (unpaired) electrons. The number of hydrogen-bond acceptors (Lipinski definition) is 7. The van der Waals surface area contributed by atoms with Gasteiger partial charge in [-0.05, 0) is 24.3 Å². The quantitative estimate of drug-likeness (QED) is 0.442. The molecule has 0 spiro atoms. The van der Waals surface area contributed by atoms with Crippen molar-refractivity contribution in [3.8, 4) is 6.07 Å². The summed E-state index contributed by atoms with van der Waals surface area (Å²) >= 11 is 0. The highest BCUT2D eigenvalue weighted by Crippen LogP contribution is 2.22. The molecule has 0 amide bonds. The van der Waals surface area contributed by atoms with Gasteiger partial charge in [-0.25, -0.2) is 8.42 Å². The lowest BCUT2D eigenvalue weighted by Gasteiger charge is -2.33. The molecule has 2 aromatic carbocycles. The van der Waals surface area contributed by atoms with E-state index in [9.17, 15) is 18.5 Å². The van der Waals surface area contributed by atoms with Gasteiger partial charge in [0.25, 0.3) is 5.56 Å². The Balaban J connectivity index is 1.39. The van der Waals surface area contributed by atoms with Gasteiger partial charge < -0.3 is 0 Å². The summed E-state index contributed by atoms with van der Waals surface area (Å²) in [6.07, 6.45) is 0. The highest BCUT2D eigenvalue weighted by Gasteiger charge is 2.30. The molecule has 5 rings (SSSR count). The van der Waals surface area contributed by atoms with Gasteiger partial charge in [-0.2, -0.15) is 9.57 Å². The number of piperazine rings is 1. The summed E-state index contributed by atoms with van der Waals surface area (Å²) in [6.45, 7) is 2.08. The zero-order valence-electron chi connectivity index (χ0n) is 17.9. The van der Waals surface area contributed by atoms with Gasteiger partial charge >= 0.3 is 0 Å². The minimum Gasteiger partial charge on any atom is -0.293 e. The normalized spacial score (nSPS) is 15.8. The van der Waals surface area contributed by atoms with Gasteiger partial charge in [0, 0.05) is 33.2 Å². The standard InChI is InChI=1S/C22H21N7O3S/c1-26-21(30)17-7-3-4-8-18(17)29-20(24-25-22(26)29)15-27-10-12-28(13-11-27)33(31,32)19-9-5-2-6-16(19)14-23/h2-9H,10-13,15H2,1H3. The summed E-state index contributed by atoms with van der Waals surface area (Å²) in [5.74, 6) is 1.14. The smallest absolute Gasteiger partial charge is 0.262 e. The van der Waals surface area contributed by atoms with Gasteiger partial charge in [-0.1, -0.05) is 24.3 Å². The van der Waals surface area contributed by atoms with Crippen molar-refractivity contribution in [1.82, 2.24) is 28.4 Å². The third kappa shape index (κ3) is 3.48. The maximum absolute atomic E-state index is 13.1. The van der Waals surface area contributed by atoms with E-state index in [1.807, 2.05) is 28.7 Å². The second kappa shape index (κ2) is 8.08. The molecule has 1 fully saturated rings. The molecule has 0 aliphatic carbocycles. The maximum Gasteiger partial charge on any atom is 0.262 e. The summed E-state index contributed by atoms with van der Waals surface area (Å²) < 4.78 is 30.9. The summed E-state index contributed by atoms with van der Waals surface area (Å²) in [5.41, 5.74) is 0.755.